The molecule has 0 unspecified atom stereocenters. The highest BCUT2D eigenvalue weighted by atomic mass is 35.5. The molecule has 1 N–H and O–H groups in total. The molecular formula is C18H15ClN2O4. The highest BCUT2D eigenvalue weighted by Crippen LogP contribution is 2.38. The van der Waals surface area contributed by atoms with Crippen LogP contribution >= 0.6 is 11.6 Å². The van der Waals surface area contributed by atoms with E-state index >= 15 is 0 Å². The monoisotopic (exact) mass is 358 g/mol. The first-order chi connectivity index (χ1) is 12.2. The van der Waals surface area contributed by atoms with Gasteiger partial charge in [0.1, 0.15) is 11.5 Å². The first kappa shape index (κ1) is 16.9. The van der Waals surface area contributed by atoms with Crippen LogP contribution in [0.4, 0.5) is 5.69 Å². The fourth-order valence-electron chi connectivity index (χ4n) is 2.40. The molecule has 0 radical (unpaired) electrons. The van der Waals surface area contributed by atoms with Gasteiger partial charge < -0.3 is 19.5 Å². The molecule has 0 aliphatic carbocycles. The van der Waals surface area contributed by atoms with Crippen LogP contribution in [0.15, 0.2) is 42.6 Å². The van der Waals surface area contributed by atoms with Crippen LogP contribution in [0.2, 0.25) is 5.02 Å². The van der Waals surface area contributed by atoms with E-state index in [9.17, 15) is 4.79 Å². The quantitative estimate of drug-likeness (QED) is 0.666. The zero-order valence-electron chi connectivity index (χ0n) is 13.6. The van der Waals surface area contributed by atoms with Crippen LogP contribution in [0, 0.1) is 0 Å². The lowest BCUT2D eigenvalue weighted by Crippen LogP contribution is -1.95. The molecule has 0 atom stereocenters. The summed E-state index contributed by atoms with van der Waals surface area (Å²) in [7, 11) is 3.13. The lowest BCUT2D eigenvalue weighted by Gasteiger charge is -2.13. The summed E-state index contributed by atoms with van der Waals surface area (Å²) in [5.74, 6) is 2.19. The van der Waals surface area contributed by atoms with Gasteiger partial charge in [-0.3, -0.25) is 9.78 Å². The van der Waals surface area contributed by atoms with Gasteiger partial charge in [-0.2, -0.15) is 0 Å². The summed E-state index contributed by atoms with van der Waals surface area (Å²) in [6.07, 6.45) is 2.22. The minimum atomic E-state index is 0.372. The number of fused-ring (bicyclic) bond motifs is 1. The van der Waals surface area contributed by atoms with Crippen LogP contribution in [0.5, 0.6) is 23.0 Å². The second-order valence-corrected chi connectivity index (χ2v) is 5.45. The summed E-state index contributed by atoms with van der Waals surface area (Å²) in [4.78, 5) is 14.8. The van der Waals surface area contributed by atoms with Gasteiger partial charge in [0, 0.05) is 23.3 Å². The Morgan fingerprint density at radius 3 is 2.44 bits per heavy atom. The number of halogens is 1. The maximum Gasteiger partial charge on any atom is 0.211 e. The number of rotatable bonds is 6. The molecule has 1 amide bonds. The van der Waals surface area contributed by atoms with Gasteiger partial charge in [0.2, 0.25) is 6.41 Å². The van der Waals surface area contributed by atoms with E-state index in [1.165, 1.54) is 0 Å². The predicted octanol–water partition coefficient (Wildman–Crippen LogP) is 4.27. The second kappa shape index (κ2) is 7.27. The number of nitrogens with one attached hydrogen (secondary N) is 1. The zero-order chi connectivity index (χ0) is 17.8. The predicted molar refractivity (Wildman–Crippen MR) is 96.1 cm³/mol. The van der Waals surface area contributed by atoms with Crippen molar-refractivity contribution in [3.05, 3.63) is 47.6 Å². The lowest BCUT2D eigenvalue weighted by molar-refractivity contribution is -0.105. The van der Waals surface area contributed by atoms with Gasteiger partial charge in [-0.05, 0) is 30.3 Å². The first-order valence-corrected chi connectivity index (χ1v) is 7.72. The summed E-state index contributed by atoms with van der Waals surface area (Å²) >= 11 is 6.23. The third kappa shape index (κ3) is 3.44. The van der Waals surface area contributed by atoms with Gasteiger partial charge in [-0.15, -0.1) is 0 Å². The van der Waals surface area contributed by atoms with E-state index in [4.69, 9.17) is 25.8 Å². The minimum absolute atomic E-state index is 0.372. The number of pyridine rings is 1. The fourth-order valence-corrected chi connectivity index (χ4v) is 2.62. The second-order valence-electron chi connectivity index (χ2n) is 5.04. The van der Waals surface area contributed by atoms with Crippen LogP contribution in [0.1, 0.15) is 0 Å². The summed E-state index contributed by atoms with van der Waals surface area (Å²) < 4.78 is 16.6. The molecule has 0 fully saturated rings. The van der Waals surface area contributed by atoms with Gasteiger partial charge in [0.05, 0.1) is 24.8 Å². The van der Waals surface area contributed by atoms with E-state index in [1.54, 1.807) is 56.8 Å². The van der Waals surface area contributed by atoms with Gasteiger partial charge >= 0.3 is 0 Å². The number of nitrogens with zero attached hydrogens (tertiary/aromatic N) is 1. The molecule has 0 aliphatic rings. The van der Waals surface area contributed by atoms with Crippen LogP contribution in [-0.4, -0.2) is 25.6 Å². The number of ether oxygens (including phenoxy) is 3. The summed E-state index contributed by atoms with van der Waals surface area (Å²) in [5.41, 5.74) is 1.28. The van der Waals surface area contributed by atoms with Crippen LogP contribution < -0.4 is 19.5 Å². The van der Waals surface area contributed by atoms with Crippen LogP contribution in [0.3, 0.4) is 0 Å². The van der Waals surface area contributed by atoms with Crippen molar-refractivity contribution < 1.29 is 19.0 Å². The van der Waals surface area contributed by atoms with E-state index in [1.807, 2.05) is 0 Å². The summed E-state index contributed by atoms with van der Waals surface area (Å²) in [5, 5.41) is 3.66. The molecule has 0 saturated carbocycles. The molecule has 2 aromatic carbocycles. The molecule has 1 heterocycles. The van der Waals surface area contributed by atoms with E-state index in [0.29, 0.717) is 45.6 Å². The number of benzene rings is 2. The lowest BCUT2D eigenvalue weighted by atomic mass is 10.2. The molecule has 7 heteroatoms. The molecule has 3 aromatic rings. The fraction of sp³-hybridized carbons (Fsp3) is 0.111. The summed E-state index contributed by atoms with van der Waals surface area (Å²) in [6.45, 7) is 0. The first-order valence-electron chi connectivity index (χ1n) is 7.34. The molecule has 6 nitrogen and oxygen atoms in total. The Morgan fingerprint density at radius 1 is 1.00 bits per heavy atom. The molecule has 3 rings (SSSR count). The molecule has 25 heavy (non-hydrogen) atoms. The average Bonchev–Trinajstić information content (AvgIpc) is 2.63. The maximum absolute atomic E-state index is 10.5. The Labute approximate surface area is 149 Å². The minimum Gasteiger partial charge on any atom is -0.493 e. The van der Waals surface area contributed by atoms with Crippen molar-refractivity contribution in [1.82, 2.24) is 4.98 Å². The normalized spacial score (nSPS) is 10.4. The van der Waals surface area contributed by atoms with Gasteiger partial charge in [0.15, 0.2) is 11.5 Å². The van der Waals surface area contributed by atoms with Crippen molar-refractivity contribution in [2.45, 2.75) is 0 Å². The highest BCUT2D eigenvalue weighted by Gasteiger charge is 2.12. The molecular weight excluding hydrogens is 344 g/mol. The largest absolute Gasteiger partial charge is 0.493 e. The molecule has 0 aliphatic heterocycles. The van der Waals surface area contributed by atoms with Crippen molar-refractivity contribution in [3.63, 3.8) is 0 Å². The van der Waals surface area contributed by atoms with E-state index in [0.717, 1.165) is 5.39 Å². The van der Waals surface area contributed by atoms with Crippen LogP contribution in [0.25, 0.3) is 10.9 Å². The Kier molecular flexibility index (Phi) is 4.90. The van der Waals surface area contributed by atoms with Crippen molar-refractivity contribution in [2.24, 2.45) is 0 Å². The molecule has 1 aromatic heterocycles. The third-order valence-electron chi connectivity index (χ3n) is 3.58. The number of carbonyl (C=O) groups is 1. The van der Waals surface area contributed by atoms with Crippen molar-refractivity contribution in [2.75, 3.05) is 19.5 Å². The summed E-state index contributed by atoms with van der Waals surface area (Å²) in [6, 6.07) is 10.3. The SMILES string of the molecule is COc1cc2nccc(Oc3ccc(NC=O)cc3Cl)c2cc1OC. The zero-order valence-corrected chi connectivity index (χ0v) is 14.3. The third-order valence-corrected chi connectivity index (χ3v) is 3.88. The number of amides is 1. The van der Waals surface area contributed by atoms with Gasteiger partial charge in [-0.1, -0.05) is 11.6 Å². The molecule has 0 spiro atoms. The molecule has 0 saturated heterocycles. The van der Waals surface area contributed by atoms with Crippen molar-refractivity contribution >= 4 is 34.6 Å². The van der Waals surface area contributed by atoms with E-state index in [-0.39, 0.29) is 0 Å². The van der Waals surface area contributed by atoms with Crippen molar-refractivity contribution in [3.8, 4) is 23.0 Å². The molecule has 0 bridgehead atoms. The number of carbonyl (C=O) groups excluding carboxylic acids is 1. The number of anilines is 1. The number of aromatic nitrogens is 1. The maximum atomic E-state index is 10.5. The average molecular weight is 359 g/mol. The van der Waals surface area contributed by atoms with Crippen molar-refractivity contribution in [1.29, 1.82) is 0 Å². The number of hydrogen-bond acceptors (Lipinski definition) is 5. The topological polar surface area (TPSA) is 69.7 Å². The van der Waals surface area contributed by atoms with Crippen LogP contribution in [-0.2, 0) is 4.79 Å². The van der Waals surface area contributed by atoms with E-state index < -0.39 is 0 Å². The number of hydrogen-bond donors (Lipinski definition) is 1. The Bertz CT molecular complexity index is 930. The number of methoxy groups -OCH3 is 2. The van der Waals surface area contributed by atoms with Gasteiger partial charge in [0.25, 0.3) is 0 Å². The Morgan fingerprint density at radius 2 is 1.76 bits per heavy atom. The molecule has 128 valence electrons. The van der Waals surface area contributed by atoms with Gasteiger partial charge in [-0.25, -0.2) is 0 Å². The Hall–Kier alpha value is -2.99. The Balaban J connectivity index is 2.03. The smallest absolute Gasteiger partial charge is 0.211 e. The highest BCUT2D eigenvalue weighted by molar-refractivity contribution is 6.32. The van der Waals surface area contributed by atoms with E-state index in [2.05, 4.69) is 10.3 Å². The standard InChI is InChI=1S/C18H15ClN2O4/c1-23-17-8-12-14(9-18(17)24-2)20-6-5-15(12)25-16-4-3-11(21-10-22)7-13(16)19/h3-10H,1-2H3,(H,21,22).